The lowest BCUT2D eigenvalue weighted by Gasteiger charge is -2.26. The van der Waals surface area contributed by atoms with Gasteiger partial charge in [-0.2, -0.15) is 0 Å². The highest BCUT2D eigenvalue weighted by molar-refractivity contribution is 6.26. The van der Waals surface area contributed by atoms with E-state index in [0.29, 0.717) is 0 Å². The van der Waals surface area contributed by atoms with Gasteiger partial charge in [-0.05, 0) is 139 Å². The minimum Gasteiger partial charge on any atom is -0.456 e. The van der Waals surface area contributed by atoms with Crippen LogP contribution in [-0.4, -0.2) is 4.57 Å². The lowest BCUT2D eigenvalue weighted by Crippen LogP contribution is -2.10. The van der Waals surface area contributed by atoms with Crippen molar-refractivity contribution in [3.63, 3.8) is 0 Å². The van der Waals surface area contributed by atoms with Crippen molar-refractivity contribution in [2.45, 2.75) is 0 Å². The predicted octanol–water partition coefficient (Wildman–Crippen LogP) is 18.1. The zero-order valence-corrected chi connectivity index (χ0v) is 36.4. The molecule has 0 bridgehead atoms. The van der Waals surface area contributed by atoms with Crippen molar-refractivity contribution in [1.82, 2.24) is 4.57 Å². The summed E-state index contributed by atoms with van der Waals surface area (Å²) in [4.78, 5) is 2.39. The van der Waals surface area contributed by atoms with Gasteiger partial charge < -0.3 is 13.9 Å². The highest BCUT2D eigenvalue weighted by Gasteiger charge is 2.19. The van der Waals surface area contributed by atoms with Gasteiger partial charge in [-0.15, -0.1) is 0 Å². The number of benzene rings is 12. The van der Waals surface area contributed by atoms with Crippen molar-refractivity contribution in [2.75, 3.05) is 4.90 Å². The fourth-order valence-electron chi connectivity index (χ4n) is 10.8. The second kappa shape index (κ2) is 14.8. The van der Waals surface area contributed by atoms with Gasteiger partial charge in [0.25, 0.3) is 0 Å². The van der Waals surface area contributed by atoms with E-state index in [1.165, 1.54) is 81.7 Å². The molecule has 0 N–H and O–H groups in total. The summed E-state index contributed by atoms with van der Waals surface area (Å²) in [5.41, 5.74) is 13.3. The Morgan fingerprint density at radius 1 is 0.269 bits per heavy atom. The SMILES string of the molecule is c1ccc2c(-n3c4ccccc4c4cc(-c5ccc(N(c6ccc(-c7ccc8oc9ccccc9c8c7)cc6)c6ccc7c8ccccc8c8ccccc8c7c6)cc5)ccc43)cccc2c1. The summed E-state index contributed by atoms with van der Waals surface area (Å²) in [6, 6.07) is 88.4. The number of rotatable bonds is 6. The average Bonchev–Trinajstić information content (AvgIpc) is 3.94. The molecular weight excluding hydrogens is 813 g/mol. The molecule has 2 aromatic heterocycles. The first-order valence-electron chi connectivity index (χ1n) is 23.0. The van der Waals surface area contributed by atoms with Gasteiger partial charge in [-0.3, -0.25) is 0 Å². The van der Waals surface area contributed by atoms with Crippen LogP contribution in [0.5, 0.6) is 0 Å². The van der Waals surface area contributed by atoms with E-state index in [-0.39, 0.29) is 0 Å². The summed E-state index contributed by atoms with van der Waals surface area (Å²) < 4.78 is 8.60. The fourth-order valence-corrected chi connectivity index (χ4v) is 10.8. The molecule has 0 saturated heterocycles. The quantitative estimate of drug-likeness (QED) is 0.155. The minimum absolute atomic E-state index is 0.903. The summed E-state index contributed by atoms with van der Waals surface area (Å²) in [7, 11) is 0. The molecule has 0 saturated carbocycles. The molecule has 0 atom stereocenters. The van der Waals surface area contributed by atoms with Crippen LogP contribution in [0.25, 0.3) is 115 Å². The Labute approximate surface area is 386 Å². The number of anilines is 3. The van der Waals surface area contributed by atoms with E-state index >= 15 is 0 Å². The molecule has 3 nitrogen and oxygen atoms in total. The molecule has 12 aromatic carbocycles. The molecule has 2 heterocycles. The van der Waals surface area contributed by atoms with Crippen LogP contribution < -0.4 is 4.90 Å². The van der Waals surface area contributed by atoms with E-state index in [1.807, 2.05) is 12.1 Å². The monoisotopic (exact) mass is 852 g/mol. The Hall–Kier alpha value is -8.92. The third-order valence-electron chi connectivity index (χ3n) is 14.0. The Kier molecular flexibility index (Phi) is 8.28. The van der Waals surface area contributed by atoms with Crippen molar-refractivity contribution in [2.24, 2.45) is 0 Å². The first kappa shape index (κ1) is 37.5. The van der Waals surface area contributed by atoms with Gasteiger partial charge in [0.15, 0.2) is 0 Å². The van der Waals surface area contributed by atoms with Crippen molar-refractivity contribution < 1.29 is 4.42 Å². The van der Waals surface area contributed by atoms with E-state index in [4.69, 9.17) is 4.42 Å². The molecule has 3 heteroatoms. The molecule has 312 valence electrons. The van der Waals surface area contributed by atoms with Crippen molar-refractivity contribution >= 4 is 104 Å². The van der Waals surface area contributed by atoms with Gasteiger partial charge in [-0.1, -0.05) is 164 Å². The number of aromatic nitrogens is 1. The predicted molar refractivity (Wildman–Crippen MR) is 284 cm³/mol. The van der Waals surface area contributed by atoms with Gasteiger partial charge in [-0.25, -0.2) is 0 Å². The second-order valence-electron chi connectivity index (χ2n) is 17.6. The van der Waals surface area contributed by atoms with Crippen LogP contribution in [-0.2, 0) is 0 Å². The highest BCUT2D eigenvalue weighted by Crippen LogP contribution is 2.43. The molecule has 14 aromatic rings. The molecule has 0 aliphatic rings. The number of para-hydroxylation sites is 2. The molecule has 67 heavy (non-hydrogen) atoms. The Balaban J connectivity index is 0.896. The van der Waals surface area contributed by atoms with Gasteiger partial charge >= 0.3 is 0 Å². The van der Waals surface area contributed by atoms with Crippen LogP contribution in [0.15, 0.2) is 247 Å². The van der Waals surface area contributed by atoms with Crippen molar-refractivity contribution in [3.8, 4) is 27.9 Å². The topological polar surface area (TPSA) is 21.3 Å². The van der Waals surface area contributed by atoms with Crippen molar-refractivity contribution in [1.29, 1.82) is 0 Å². The van der Waals surface area contributed by atoms with Gasteiger partial charge in [0.1, 0.15) is 11.2 Å². The van der Waals surface area contributed by atoms with Crippen LogP contribution in [0.2, 0.25) is 0 Å². The maximum absolute atomic E-state index is 6.17. The van der Waals surface area contributed by atoms with E-state index < -0.39 is 0 Å². The number of fused-ring (bicyclic) bond motifs is 13. The molecule has 0 radical (unpaired) electrons. The van der Waals surface area contributed by atoms with E-state index in [9.17, 15) is 0 Å². The Bertz CT molecular complexity index is 4230. The standard InChI is InChI=1S/C64H40N2O/c1-2-14-49-43(12-1)13-11-22-60(49)66-61-21-9-7-19-55(61)58-38-44(28-36-62(58)66)41-24-30-46(31-25-41)65(48-34-35-54-52-17-4-3-15-50(52)51-16-5-6-18-53(51)57(54)40-48)47-32-26-42(27-33-47)45-29-37-64-59(39-45)56-20-8-10-23-63(56)67-64/h1-40H. The molecular formula is C64H40N2O. The molecule has 0 fully saturated rings. The largest absolute Gasteiger partial charge is 0.456 e. The normalized spacial score (nSPS) is 11.9. The molecule has 14 rings (SSSR count). The summed E-state index contributed by atoms with van der Waals surface area (Å²) >= 11 is 0. The summed E-state index contributed by atoms with van der Waals surface area (Å²) in [5, 5.41) is 14.8. The fraction of sp³-hybridized carbons (Fsp3) is 0. The van der Waals surface area contributed by atoms with Gasteiger partial charge in [0.05, 0.1) is 16.7 Å². The first-order valence-corrected chi connectivity index (χ1v) is 23.0. The lowest BCUT2D eigenvalue weighted by molar-refractivity contribution is 0.669. The average molecular weight is 853 g/mol. The number of hydrogen-bond donors (Lipinski definition) is 0. The molecule has 0 spiro atoms. The first-order chi connectivity index (χ1) is 33.2. The molecule has 0 unspecified atom stereocenters. The van der Waals surface area contributed by atoms with E-state index in [0.717, 1.165) is 50.1 Å². The number of nitrogens with zero attached hydrogens (tertiary/aromatic N) is 2. The minimum atomic E-state index is 0.903. The van der Waals surface area contributed by atoms with E-state index in [1.54, 1.807) is 0 Å². The number of furan rings is 1. The zero-order chi connectivity index (χ0) is 44.0. The Morgan fingerprint density at radius 3 is 1.45 bits per heavy atom. The third kappa shape index (κ3) is 5.92. The summed E-state index contributed by atoms with van der Waals surface area (Å²) in [6.07, 6.45) is 0. The molecule has 0 amide bonds. The van der Waals surface area contributed by atoms with Crippen LogP contribution in [0.3, 0.4) is 0 Å². The van der Waals surface area contributed by atoms with Gasteiger partial charge in [0, 0.05) is 44.0 Å². The van der Waals surface area contributed by atoms with E-state index in [2.05, 4.69) is 240 Å². The number of hydrogen-bond acceptors (Lipinski definition) is 2. The highest BCUT2D eigenvalue weighted by atomic mass is 16.3. The second-order valence-corrected chi connectivity index (χ2v) is 17.6. The van der Waals surface area contributed by atoms with Gasteiger partial charge in [0.2, 0.25) is 0 Å². The summed E-state index contributed by atoms with van der Waals surface area (Å²) in [5.74, 6) is 0. The third-order valence-corrected chi connectivity index (χ3v) is 14.0. The Morgan fingerprint density at radius 2 is 0.746 bits per heavy atom. The maximum atomic E-state index is 6.17. The lowest BCUT2D eigenvalue weighted by atomic mass is 9.94. The van der Waals surface area contributed by atoms with Crippen molar-refractivity contribution in [3.05, 3.63) is 243 Å². The van der Waals surface area contributed by atoms with Crippen LogP contribution in [0.1, 0.15) is 0 Å². The zero-order valence-electron chi connectivity index (χ0n) is 36.4. The van der Waals surface area contributed by atoms with Crippen LogP contribution in [0.4, 0.5) is 17.1 Å². The molecule has 0 aliphatic heterocycles. The smallest absolute Gasteiger partial charge is 0.135 e. The molecule has 0 aliphatic carbocycles. The summed E-state index contributed by atoms with van der Waals surface area (Å²) in [6.45, 7) is 0. The van der Waals surface area contributed by atoms with Crippen LogP contribution in [0, 0.1) is 0 Å². The maximum Gasteiger partial charge on any atom is 0.135 e. The van der Waals surface area contributed by atoms with Crippen LogP contribution >= 0.6 is 0 Å².